The first kappa shape index (κ1) is 18.1. The number of amides is 2. The highest BCUT2D eigenvalue weighted by Gasteiger charge is 2.41. The van der Waals surface area contributed by atoms with Crippen LogP contribution in [0.1, 0.15) is 36.0 Å². The predicted octanol–water partition coefficient (Wildman–Crippen LogP) is 2.32. The molecule has 1 aromatic carbocycles. The normalized spacial score (nSPS) is 20.2. The zero-order valence-corrected chi connectivity index (χ0v) is 14.8. The molecule has 7 heteroatoms. The van der Waals surface area contributed by atoms with Crippen molar-refractivity contribution in [2.45, 2.75) is 25.7 Å². The van der Waals surface area contributed by atoms with E-state index in [4.69, 9.17) is 16.7 Å². The summed E-state index contributed by atoms with van der Waals surface area (Å²) in [5.74, 6) is -0.689. The minimum Gasteiger partial charge on any atom is -0.395 e. The van der Waals surface area contributed by atoms with Crippen molar-refractivity contribution in [3.8, 4) is 0 Å². The number of hydrogen-bond donors (Lipinski definition) is 1. The summed E-state index contributed by atoms with van der Waals surface area (Å²) in [6.07, 6.45) is 2.94. The largest absolute Gasteiger partial charge is 0.395 e. The Kier molecular flexibility index (Phi) is 5.29. The van der Waals surface area contributed by atoms with Crippen LogP contribution in [-0.2, 0) is 4.79 Å². The molecule has 1 spiro atoms. The molecule has 0 radical (unpaired) electrons. The molecule has 2 fully saturated rings. The first-order valence-electron chi connectivity index (χ1n) is 8.57. The van der Waals surface area contributed by atoms with Gasteiger partial charge in [-0.25, -0.2) is 4.39 Å². The van der Waals surface area contributed by atoms with Gasteiger partial charge >= 0.3 is 0 Å². The summed E-state index contributed by atoms with van der Waals surface area (Å²) >= 11 is 5.67. The zero-order chi connectivity index (χ0) is 18.0. The molecule has 5 nitrogen and oxygen atoms in total. The van der Waals surface area contributed by atoms with Crippen molar-refractivity contribution >= 4 is 23.4 Å². The molecule has 0 aromatic heterocycles. The molecule has 0 unspecified atom stereocenters. The summed E-state index contributed by atoms with van der Waals surface area (Å²) in [5, 5.41) is 9.12. The molecule has 2 saturated heterocycles. The van der Waals surface area contributed by atoms with E-state index in [2.05, 4.69) is 0 Å². The predicted molar refractivity (Wildman–Crippen MR) is 91.9 cm³/mol. The van der Waals surface area contributed by atoms with Crippen molar-refractivity contribution in [2.75, 3.05) is 32.8 Å². The van der Waals surface area contributed by atoms with Gasteiger partial charge in [0.05, 0.1) is 11.6 Å². The van der Waals surface area contributed by atoms with Crippen molar-refractivity contribution in [1.29, 1.82) is 0 Å². The van der Waals surface area contributed by atoms with Crippen molar-refractivity contribution < 1.29 is 19.1 Å². The van der Waals surface area contributed by atoms with E-state index in [1.807, 2.05) is 0 Å². The van der Waals surface area contributed by atoms with E-state index in [0.29, 0.717) is 38.2 Å². The lowest BCUT2D eigenvalue weighted by Gasteiger charge is -2.47. The van der Waals surface area contributed by atoms with Crippen LogP contribution in [0.3, 0.4) is 0 Å². The Morgan fingerprint density at radius 3 is 2.64 bits per heavy atom. The molecule has 136 valence electrons. The molecule has 1 N–H and O–H groups in total. The van der Waals surface area contributed by atoms with Crippen LogP contribution in [0.25, 0.3) is 0 Å². The van der Waals surface area contributed by atoms with Gasteiger partial charge in [0.25, 0.3) is 5.91 Å². The average molecular weight is 369 g/mol. The van der Waals surface area contributed by atoms with Crippen molar-refractivity contribution in [3.05, 3.63) is 34.6 Å². The topological polar surface area (TPSA) is 60.9 Å². The number of β-amino-alcohol motifs (C(OH)–C–C–N with tert-alkyl or cyclic N) is 1. The van der Waals surface area contributed by atoms with Gasteiger partial charge in [0.2, 0.25) is 5.91 Å². The Morgan fingerprint density at radius 1 is 1.28 bits per heavy atom. The minimum atomic E-state index is -0.591. The molecule has 0 atom stereocenters. The number of carbonyl (C=O) groups excluding carboxylic acids is 2. The first-order chi connectivity index (χ1) is 11.9. The number of likely N-dealkylation sites (tertiary alicyclic amines) is 2. The number of aliphatic hydroxyl groups excluding tert-OH is 1. The van der Waals surface area contributed by atoms with Gasteiger partial charge < -0.3 is 14.9 Å². The number of hydrogen-bond acceptors (Lipinski definition) is 3. The summed E-state index contributed by atoms with van der Waals surface area (Å²) in [7, 11) is 0. The molecule has 2 aliphatic rings. The standard InChI is InChI=1S/C18H22ClFN2O3/c19-14-2-1-13(11-15(14)20)17(25)21-7-5-18(6-8-21)4-3-16(24)22(12-18)9-10-23/h1-2,11,23H,3-10,12H2. The Hall–Kier alpha value is -1.66. The van der Waals surface area contributed by atoms with Gasteiger partial charge in [-0.3, -0.25) is 9.59 Å². The number of aliphatic hydroxyl groups is 1. The zero-order valence-electron chi connectivity index (χ0n) is 14.0. The quantitative estimate of drug-likeness (QED) is 0.890. The van der Waals surface area contributed by atoms with E-state index in [0.717, 1.165) is 19.3 Å². The number of benzene rings is 1. The SMILES string of the molecule is O=C1CCC2(CCN(C(=O)c3ccc(Cl)c(F)c3)CC2)CN1CCO. The fourth-order valence-electron chi connectivity index (χ4n) is 3.83. The average Bonchev–Trinajstić information content (AvgIpc) is 2.61. The minimum absolute atomic E-state index is 0.00462. The third-order valence-corrected chi connectivity index (χ3v) is 5.70. The van der Waals surface area contributed by atoms with Crippen LogP contribution in [0.2, 0.25) is 5.02 Å². The van der Waals surface area contributed by atoms with Crippen LogP contribution >= 0.6 is 11.6 Å². The Balaban J connectivity index is 1.64. The molecule has 3 rings (SSSR count). The molecule has 0 aliphatic carbocycles. The molecular formula is C18H22ClFN2O3. The highest BCUT2D eigenvalue weighted by atomic mass is 35.5. The number of halogens is 2. The molecule has 2 aliphatic heterocycles. The second-order valence-corrected chi connectivity index (χ2v) is 7.37. The van der Waals surface area contributed by atoms with E-state index in [1.165, 1.54) is 12.1 Å². The van der Waals surface area contributed by atoms with Crippen LogP contribution in [-0.4, -0.2) is 59.5 Å². The molecule has 0 saturated carbocycles. The monoisotopic (exact) mass is 368 g/mol. The maximum absolute atomic E-state index is 13.6. The summed E-state index contributed by atoms with van der Waals surface area (Å²) in [5.41, 5.74) is 0.323. The second kappa shape index (κ2) is 7.30. The Morgan fingerprint density at radius 2 is 2.00 bits per heavy atom. The van der Waals surface area contributed by atoms with Crippen molar-refractivity contribution in [2.24, 2.45) is 5.41 Å². The fourth-order valence-corrected chi connectivity index (χ4v) is 3.95. The third kappa shape index (κ3) is 3.80. The lowest BCUT2D eigenvalue weighted by atomic mass is 9.72. The van der Waals surface area contributed by atoms with Gasteiger partial charge in [-0.15, -0.1) is 0 Å². The van der Waals surface area contributed by atoms with E-state index >= 15 is 0 Å². The molecular weight excluding hydrogens is 347 g/mol. The lowest BCUT2D eigenvalue weighted by Crippen LogP contribution is -2.52. The van der Waals surface area contributed by atoms with E-state index in [9.17, 15) is 14.0 Å². The Labute approximate surface area is 151 Å². The lowest BCUT2D eigenvalue weighted by molar-refractivity contribution is -0.139. The van der Waals surface area contributed by atoms with Gasteiger partial charge in [-0.2, -0.15) is 0 Å². The Bertz CT molecular complexity index is 674. The third-order valence-electron chi connectivity index (χ3n) is 5.40. The van der Waals surface area contributed by atoms with Gasteiger partial charge in [0.1, 0.15) is 5.82 Å². The fraction of sp³-hybridized carbons (Fsp3) is 0.556. The smallest absolute Gasteiger partial charge is 0.253 e. The summed E-state index contributed by atoms with van der Waals surface area (Å²) in [4.78, 5) is 28.0. The molecule has 2 amide bonds. The summed E-state index contributed by atoms with van der Waals surface area (Å²) in [6, 6.07) is 4.12. The van der Waals surface area contributed by atoms with Crippen LogP contribution in [0.15, 0.2) is 18.2 Å². The van der Waals surface area contributed by atoms with Crippen LogP contribution in [0.5, 0.6) is 0 Å². The maximum Gasteiger partial charge on any atom is 0.253 e. The van der Waals surface area contributed by atoms with Crippen LogP contribution in [0, 0.1) is 11.2 Å². The van der Waals surface area contributed by atoms with E-state index in [-0.39, 0.29) is 28.9 Å². The van der Waals surface area contributed by atoms with Gasteiger partial charge in [-0.05, 0) is 42.9 Å². The number of piperidine rings is 2. The van der Waals surface area contributed by atoms with E-state index < -0.39 is 5.82 Å². The van der Waals surface area contributed by atoms with Crippen LogP contribution < -0.4 is 0 Å². The molecule has 25 heavy (non-hydrogen) atoms. The maximum atomic E-state index is 13.6. The van der Waals surface area contributed by atoms with Gasteiger partial charge in [0.15, 0.2) is 0 Å². The molecule has 0 bridgehead atoms. The number of rotatable bonds is 3. The van der Waals surface area contributed by atoms with Gasteiger partial charge in [-0.1, -0.05) is 11.6 Å². The first-order valence-corrected chi connectivity index (χ1v) is 8.95. The second-order valence-electron chi connectivity index (χ2n) is 6.96. The number of carbonyl (C=O) groups is 2. The molecule has 2 heterocycles. The highest BCUT2D eigenvalue weighted by molar-refractivity contribution is 6.30. The van der Waals surface area contributed by atoms with Gasteiger partial charge in [0, 0.05) is 38.2 Å². The van der Waals surface area contributed by atoms with Crippen molar-refractivity contribution in [3.63, 3.8) is 0 Å². The summed E-state index contributed by atoms with van der Waals surface area (Å²) < 4.78 is 13.6. The van der Waals surface area contributed by atoms with E-state index in [1.54, 1.807) is 15.9 Å². The highest BCUT2D eigenvalue weighted by Crippen LogP contribution is 2.40. The number of nitrogens with zero attached hydrogens (tertiary/aromatic N) is 2. The van der Waals surface area contributed by atoms with Crippen LogP contribution in [0.4, 0.5) is 4.39 Å². The van der Waals surface area contributed by atoms with Crippen molar-refractivity contribution in [1.82, 2.24) is 9.80 Å². The summed E-state index contributed by atoms with van der Waals surface area (Å²) in [6.45, 7) is 2.15. The molecule has 1 aromatic rings.